The molecule has 2 aromatic carbocycles. The number of rotatable bonds is 2. The van der Waals surface area contributed by atoms with Gasteiger partial charge in [0.05, 0.1) is 5.56 Å². The van der Waals surface area contributed by atoms with E-state index < -0.39 is 0 Å². The van der Waals surface area contributed by atoms with Gasteiger partial charge in [0.25, 0.3) is 0 Å². The van der Waals surface area contributed by atoms with E-state index in [1.54, 1.807) is 0 Å². The molecule has 19 heavy (non-hydrogen) atoms. The minimum atomic E-state index is -0.303. The molecule has 2 nitrogen and oxygen atoms in total. The van der Waals surface area contributed by atoms with Crippen molar-refractivity contribution in [1.82, 2.24) is 0 Å². The zero-order valence-electron chi connectivity index (χ0n) is 11.8. The molecule has 0 unspecified atom stereocenters. The maximum atomic E-state index is 12.1. The van der Waals surface area contributed by atoms with Gasteiger partial charge >= 0.3 is 5.97 Å². The quantitative estimate of drug-likeness (QED) is 0.594. The Labute approximate surface area is 114 Å². The third kappa shape index (κ3) is 3.22. The molecule has 0 aromatic heterocycles. The lowest BCUT2D eigenvalue weighted by Crippen LogP contribution is -2.10. The largest absolute Gasteiger partial charge is 0.423 e. The lowest BCUT2D eigenvalue weighted by atomic mass is 10.1. The van der Waals surface area contributed by atoms with Crippen LogP contribution >= 0.6 is 0 Å². The van der Waals surface area contributed by atoms with Crippen LogP contribution in [0.4, 0.5) is 0 Å². The fourth-order valence-corrected chi connectivity index (χ4v) is 2.20. The topological polar surface area (TPSA) is 26.3 Å². The molecule has 0 spiro atoms. The molecular weight excluding hydrogens is 236 g/mol. The van der Waals surface area contributed by atoms with Crippen LogP contribution in [-0.4, -0.2) is 5.97 Å². The van der Waals surface area contributed by atoms with Gasteiger partial charge in [-0.05, 0) is 62.6 Å². The van der Waals surface area contributed by atoms with E-state index in [1.165, 1.54) is 0 Å². The van der Waals surface area contributed by atoms with Gasteiger partial charge in [-0.3, -0.25) is 0 Å². The first kappa shape index (κ1) is 13.3. The number of carbonyl (C=O) groups is 1. The van der Waals surface area contributed by atoms with Crippen LogP contribution in [0.15, 0.2) is 36.4 Å². The molecule has 0 radical (unpaired) electrons. The Morgan fingerprint density at radius 3 is 2.05 bits per heavy atom. The Morgan fingerprint density at radius 2 is 1.47 bits per heavy atom. The lowest BCUT2D eigenvalue weighted by molar-refractivity contribution is 0.0734. The van der Waals surface area contributed by atoms with Gasteiger partial charge in [0.2, 0.25) is 0 Å². The van der Waals surface area contributed by atoms with Crippen molar-refractivity contribution in [3.05, 3.63) is 64.2 Å². The van der Waals surface area contributed by atoms with Gasteiger partial charge in [0.1, 0.15) is 5.75 Å². The third-order valence-corrected chi connectivity index (χ3v) is 3.01. The molecule has 2 heteroatoms. The summed E-state index contributed by atoms with van der Waals surface area (Å²) in [6, 6.07) is 11.5. The number of ether oxygens (including phenoxy) is 1. The summed E-state index contributed by atoms with van der Waals surface area (Å²) in [7, 11) is 0. The van der Waals surface area contributed by atoms with E-state index in [9.17, 15) is 4.79 Å². The summed E-state index contributed by atoms with van der Waals surface area (Å²) in [4.78, 5) is 12.1. The predicted octanol–water partition coefficient (Wildman–Crippen LogP) is 4.14. The zero-order valence-corrected chi connectivity index (χ0v) is 11.8. The number of hydrogen-bond acceptors (Lipinski definition) is 2. The van der Waals surface area contributed by atoms with Crippen LogP contribution in [0.25, 0.3) is 0 Å². The molecule has 0 N–H and O–H groups in total. The van der Waals surface area contributed by atoms with Gasteiger partial charge in [0, 0.05) is 0 Å². The van der Waals surface area contributed by atoms with Crippen molar-refractivity contribution in [3.8, 4) is 5.75 Å². The predicted molar refractivity (Wildman–Crippen MR) is 76.8 cm³/mol. The van der Waals surface area contributed by atoms with Gasteiger partial charge in [0.15, 0.2) is 0 Å². The van der Waals surface area contributed by atoms with Crippen molar-refractivity contribution in [2.45, 2.75) is 27.7 Å². The fourth-order valence-electron chi connectivity index (χ4n) is 2.20. The SMILES string of the molecule is Cc1cc(C)cc(OC(=O)c2ccc(C)cc2C)c1. The molecule has 0 aliphatic carbocycles. The third-order valence-electron chi connectivity index (χ3n) is 3.01. The smallest absolute Gasteiger partial charge is 0.343 e. The Balaban J connectivity index is 2.25. The van der Waals surface area contributed by atoms with E-state index in [4.69, 9.17) is 4.74 Å². The molecule has 0 bridgehead atoms. The van der Waals surface area contributed by atoms with E-state index in [0.717, 1.165) is 22.3 Å². The average Bonchev–Trinajstić information content (AvgIpc) is 2.26. The maximum Gasteiger partial charge on any atom is 0.343 e. The molecule has 0 aliphatic rings. The van der Waals surface area contributed by atoms with E-state index in [0.29, 0.717) is 11.3 Å². The standard InChI is InChI=1S/C17H18O2/c1-11-5-6-16(14(4)8-11)17(18)19-15-9-12(2)7-13(3)10-15/h5-10H,1-4H3. The number of hydrogen-bond donors (Lipinski definition) is 0. The lowest BCUT2D eigenvalue weighted by Gasteiger charge is -2.09. The summed E-state index contributed by atoms with van der Waals surface area (Å²) in [5.74, 6) is 0.296. The highest BCUT2D eigenvalue weighted by Crippen LogP contribution is 2.19. The molecule has 2 rings (SSSR count). The van der Waals surface area contributed by atoms with E-state index in [1.807, 2.05) is 58.0 Å². The average molecular weight is 254 g/mol. The maximum absolute atomic E-state index is 12.1. The highest BCUT2D eigenvalue weighted by Gasteiger charge is 2.11. The molecule has 0 saturated carbocycles. The summed E-state index contributed by atoms with van der Waals surface area (Å²) >= 11 is 0. The van der Waals surface area contributed by atoms with Gasteiger partial charge in [-0.1, -0.05) is 23.8 Å². The first-order valence-corrected chi connectivity index (χ1v) is 6.33. The Bertz CT molecular complexity index is 607. The van der Waals surface area contributed by atoms with Crippen molar-refractivity contribution in [2.24, 2.45) is 0 Å². The summed E-state index contributed by atoms with van der Waals surface area (Å²) < 4.78 is 5.44. The molecule has 2 aromatic rings. The van der Waals surface area contributed by atoms with Crippen molar-refractivity contribution in [3.63, 3.8) is 0 Å². The van der Waals surface area contributed by atoms with Crippen molar-refractivity contribution >= 4 is 5.97 Å². The Kier molecular flexibility index (Phi) is 3.70. The van der Waals surface area contributed by atoms with Crippen molar-refractivity contribution in [2.75, 3.05) is 0 Å². The van der Waals surface area contributed by atoms with Gasteiger partial charge in [-0.15, -0.1) is 0 Å². The number of benzene rings is 2. The minimum Gasteiger partial charge on any atom is -0.423 e. The second kappa shape index (κ2) is 5.27. The number of carbonyl (C=O) groups excluding carboxylic acids is 1. The molecule has 0 saturated heterocycles. The fraction of sp³-hybridized carbons (Fsp3) is 0.235. The van der Waals surface area contributed by atoms with Crippen LogP contribution in [0, 0.1) is 27.7 Å². The molecular formula is C17H18O2. The van der Waals surface area contributed by atoms with Crippen molar-refractivity contribution < 1.29 is 9.53 Å². The first-order valence-electron chi connectivity index (χ1n) is 6.33. The van der Waals surface area contributed by atoms with Gasteiger partial charge in [-0.25, -0.2) is 4.79 Å². The molecule has 0 heterocycles. The molecule has 0 aliphatic heterocycles. The summed E-state index contributed by atoms with van der Waals surface area (Å²) in [5.41, 5.74) is 4.87. The van der Waals surface area contributed by atoms with Crippen LogP contribution in [0.2, 0.25) is 0 Å². The van der Waals surface area contributed by atoms with Crippen molar-refractivity contribution in [1.29, 1.82) is 0 Å². The monoisotopic (exact) mass is 254 g/mol. The molecule has 0 fully saturated rings. The van der Waals surface area contributed by atoms with Crippen LogP contribution in [0.1, 0.15) is 32.6 Å². The molecule has 98 valence electrons. The number of aryl methyl sites for hydroxylation is 4. The van der Waals surface area contributed by atoms with Gasteiger partial charge < -0.3 is 4.74 Å². The van der Waals surface area contributed by atoms with Crippen LogP contribution in [0.3, 0.4) is 0 Å². The normalized spacial score (nSPS) is 10.3. The summed E-state index contributed by atoms with van der Waals surface area (Å²) in [5, 5.41) is 0. The Morgan fingerprint density at radius 1 is 0.842 bits per heavy atom. The minimum absolute atomic E-state index is 0.303. The van der Waals surface area contributed by atoms with Crippen LogP contribution in [0.5, 0.6) is 5.75 Å². The Hall–Kier alpha value is -2.09. The summed E-state index contributed by atoms with van der Waals surface area (Å²) in [6.07, 6.45) is 0. The zero-order chi connectivity index (χ0) is 14.0. The first-order chi connectivity index (χ1) is 8.95. The van der Waals surface area contributed by atoms with Gasteiger partial charge in [-0.2, -0.15) is 0 Å². The van der Waals surface area contributed by atoms with E-state index in [-0.39, 0.29) is 5.97 Å². The summed E-state index contributed by atoms with van der Waals surface area (Å²) in [6.45, 7) is 7.90. The van der Waals surface area contributed by atoms with Crippen LogP contribution < -0.4 is 4.74 Å². The second-order valence-corrected chi connectivity index (χ2v) is 5.03. The molecule has 0 atom stereocenters. The molecule has 0 amide bonds. The van der Waals surface area contributed by atoms with Crippen LogP contribution in [-0.2, 0) is 0 Å². The highest BCUT2D eigenvalue weighted by atomic mass is 16.5. The van der Waals surface area contributed by atoms with E-state index >= 15 is 0 Å². The highest BCUT2D eigenvalue weighted by molar-refractivity contribution is 5.92. The van der Waals surface area contributed by atoms with E-state index in [2.05, 4.69) is 6.07 Å². The number of esters is 1. The second-order valence-electron chi connectivity index (χ2n) is 5.03.